The lowest BCUT2D eigenvalue weighted by Crippen LogP contribution is -2.15. The Balaban J connectivity index is 2.22. The Kier molecular flexibility index (Phi) is 4.42. The van der Waals surface area contributed by atoms with Gasteiger partial charge in [-0.3, -0.25) is 4.79 Å². The van der Waals surface area contributed by atoms with Crippen molar-refractivity contribution in [3.05, 3.63) is 77.9 Å². The summed E-state index contributed by atoms with van der Waals surface area (Å²) in [7, 11) is 0. The fourth-order valence-corrected chi connectivity index (χ4v) is 2.87. The standard InChI is InChI=1S/C20H15F3N2O/c21-20(22,23)14-8-6-12(7-9-14)15-10-11-16(24)17(18(15)19(25)26)13-4-2-1-3-5-13/h1-11H,24H2,(H2,25,26). The highest BCUT2D eigenvalue weighted by Crippen LogP contribution is 2.37. The summed E-state index contributed by atoms with van der Waals surface area (Å²) in [5, 5.41) is 0. The van der Waals surface area contributed by atoms with E-state index >= 15 is 0 Å². The van der Waals surface area contributed by atoms with E-state index in [1.165, 1.54) is 12.1 Å². The number of hydrogen-bond acceptors (Lipinski definition) is 2. The number of nitrogen functional groups attached to an aromatic ring is 1. The Hall–Kier alpha value is -3.28. The summed E-state index contributed by atoms with van der Waals surface area (Å²) in [6, 6.07) is 16.8. The van der Waals surface area contributed by atoms with E-state index in [1.54, 1.807) is 36.4 Å². The summed E-state index contributed by atoms with van der Waals surface area (Å²) in [5.41, 5.74) is 13.5. The van der Waals surface area contributed by atoms with Gasteiger partial charge in [-0.15, -0.1) is 0 Å². The lowest BCUT2D eigenvalue weighted by atomic mass is 9.90. The molecule has 0 atom stereocenters. The van der Waals surface area contributed by atoms with Crippen molar-refractivity contribution in [1.29, 1.82) is 0 Å². The average Bonchev–Trinajstić information content (AvgIpc) is 2.61. The van der Waals surface area contributed by atoms with Crippen LogP contribution in [0.4, 0.5) is 18.9 Å². The number of carbonyl (C=O) groups excluding carboxylic acids is 1. The van der Waals surface area contributed by atoms with Crippen LogP contribution >= 0.6 is 0 Å². The van der Waals surface area contributed by atoms with Gasteiger partial charge in [0.15, 0.2) is 0 Å². The molecule has 0 fully saturated rings. The molecule has 0 spiro atoms. The summed E-state index contributed by atoms with van der Waals surface area (Å²) in [5.74, 6) is -0.703. The molecule has 3 nitrogen and oxygen atoms in total. The first-order valence-electron chi connectivity index (χ1n) is 7.74. The molecule has 0 unspecified atom stereocenters. The van der Waals surface area contributed by atoms with Crippen LogP contribution < -0.4 is 11.5 Å². The second-order valence-corrected chi connectivity index (χ2v) is 5.76. The van der Waals surface area contributed by atoms with E-state index in [-0.39, 0.29) is 5.56 Å². The van der Waals surface area contributed by atoms with Crippen LogP contribution in [0.3, 0.4) is 0 Å². The van der Waals surface area contributed by atoms with Crippen molar-refractivity contribution in [1.82, 2.24) is 0 Å². The Morgan fingerprint density at radius 1 is 0.808 bits per heavy atom. The first-order valence-corrected chi connectivity index (χ1v) is 7.74. The molecule has 3 aromatic rings. The Bertz CT molecular complexity index is 949. The molecule has 3 rings (SSSR count). The third kappa shape index (κ3) is 3.26. The van der Waals surface area contributed by atoms with Gasteiger partial charge in [0.1, 0.15) is 0 Å². The molecule has 0 aliphatic carbocycles. The normalized spacial score (nSPS) is 11.3. The van der Waals surface area contributed by atoms with Crippen molar-refractivity contribution >= 4 is 11.6 Å². The molecule has 132 valence electrons. The van der Waals surface area contributed by atoms with E-state index in [9.17, 15) is 18.0 Å². The Morgan fingerprint density at radius 3 is 1.96 bits per heavy atom. The minimum absolute atomic E-state index is 0.177. The first-order chi connectivity index (χ1) is 12.3. The maximum absolute atomic E-state index is 12.8. The van der Waals surface area contributed by atoms with Gasteiger partial charge in [-0.1, -0.05) is 48.5 Å². The molecule has 0 aromatic heterocycles. The number of benzene rings is 3. The van der Waals surface area contributed by atoms with E-state index in [0.717, 1.165) is 12.1 Å². The fourth-order valence-electron chi connectivity index (χ4n) is 2.87. The molecular weight excluding hydrogens is 341 g/mol. The van der Waals surface area contributed by atoms with Crippen LogP contribution in [0.5, 0.6) is 0 Å². The van der Waals surface area contributed by atoms with E-state index in [1.807, 2.05) is 6.07 Å². The minimum atomic E-state index is -4.43. The molecule has 1 amide bonds. The van der Waals surface area contributed by atoms with Gasteiger partial charge < -0.3 is 11.5 Å². The lowest BCUT2D eigenvalue weighted by Gasteiger charge is -2.16. The average molecular weight is 356 g/mol. The molecule has 0 aliphatic rings. The highest BCUT2D eigenvalue weighted by Gasteiger charge is 2.30. The zero-order valence-corrected chi connectivity index (χ0v) is 13.5. The predicted octanol–water partition coefficient (Wildman–Crippen LogP) is 4.72. The summed E-state index contributed by atoms with van der Waals surface area (Å²) in [6.07, 6.45) is -4.43. The monoisotopic (exact) mass is 356 g/mol. The smallest absolute Gasteiger partial charge is 0.398 e. The van der Waals surface area contributed by atoms with E-state index in [4.69, 9.17) is 11.5 Å². The second kappa shape index (κ2) is 6.55. The van der Waals surface area contributed by atoms with Crippen molar-refractivity contribution in [3.8, 4) is 22.3 Å². The van der Waals surface area contributed by atoms with Crippen LogP contribution in [0.15, 0.2) is 66.7 Å². The number of primary amides is 1. The molecule has 0 aliphatic heterocycles. The number of nitrogens with two attached hydrogens (primary N) is 2. The van der Waals surface area contributed by atoms with Gasteiger partial charge >= 0.3 is 6.18 Å². The quantitative estimate of drug-likeness (QED) is 0.667. The van der Waals surface area contributed by atoms with Crippen LogP contribution in [0.25, 0.3) is 22.3 Å². The van der Waals surface area contributed by atoms with Gasteiger partial charge in [-0.25, -0.2) is 0 Å². The molecule has 6 heteroatoms. The SMILES string of the molecule is NC(=O)c1c(-c2ccc(C(F)(F)F)cc2)ccc(N)c1-c1ccccc1. The zero-order valence-electron chi connectivity index (χ0n) is 13.5. The van der Waals surface area contributed by atoms with Crippen LogP contribution in [0.1, 0.15) is 15.9 Å². The van der Waals surface area contributed by atoms with E-state index in [2.05, 4.69) is 0 Å². The molecule has 26 heavy (non-hydrogen) atoms. The van der Waals surface area contributed by atoms with Gasteiger partial charge in [-0.2, -0.15) is 13.2 Å². The summed E-state index contributed by atoms with van der Waals surface area (Å²) < 4.78 is 38.3. The zero-order chi connectivity index (χ0) is 18.9. The van der Waals surface area contributed by atoms with Crippen LogP contribution in [0.2, 0.25) is 0 Å². The van der Waals surface area contributed by atoms with Gasteiger partial charge in [0.25, 0.3) is 0 Å². The number of halogens is 3. The molecule has 0 saturated carbocycles. The molecule has 3 aromatic carbocycles. The fraction of sp³-hybridized carbons (Fsp3) is 0.0500. The van der Waals surface area contributed by atoms with Crippen molar-refractivity contribution in [2.24, 2.45) is 5.73 Å². The van der Waals surface area contributed by atoms with E-state index in [0.29, 0.717) is 27.9 Å². The molecule has 0 saturated heterocycles. The van der Waals surface area contributed by atoms with Gasteiger partial charge in [-0.05, 0) is 34.9 Å². The number of carbonyl (C=O) groups is 1. The van der Waals surface area contributed by atoms with Gasteiger partial charge in [0.2, 0.25) is 5.91 Å². The second-order valence-electron chi connectivity index (χ2n) is 5.76. The van der Waals surface area contributed by atoms with E-state index < -0.39 is 17.6 Å². The summed E-state index contributed by atoms with van der Waals surface area (Å²) in [4.78, 5) is 12.2. The largest absolute Gasteiger partial charge is 0.416 e. The number of anilines is 1. The predicted molar refractivity (Wildman–Crippen MR) is 95.2 cm³/mol. The number of rotatable bonds is 3. The summed E-state index contributed by atoms with van der Waals surface area (Å²) in [6.45, 7) is 0. The van der Waals surface area contributed by atoms with Crippen molar-refractivity contribution in [3.63, 3.8) is 0 Å². The third-order valence-electron chi connectivity index (χ3n) is 4.07. The van der Waals surface area contributed by atoms with Crippen molar-refractivity contribution in [2.45, 2.75) is 6.18 Å². The van der Waals surface area contributed by atoms with Crippen LogP contribution in [-0.2, 0) is 6.18 Å². The van der Waals surface area contributed by atoms with Crippen molar-refractivity contribution in [2.75, 3.05) is 5.73 Å². The van der Waals surface area contributed by atoms with Crippen molar-refractivity contribution < 1.29 is 18.0 Å². The first kappa shape index (κ1) is 17.5. The molecular formula is C20H15F3N2O. The topological polar surface area (TPSA) is 69.1 Å². The highest BCUT2D eigenvalue weighted by molar-refractivity contribution is 6.08. The molecule has 0 bridgehead atoms. The highest BCUT2D eigenvalue weighted by atomic mass is 19.4. The number of alkyl halides is 3. The number of amides is 1. The van der Waals surface area contributed by atoms with Crippen LogP contribution in [-0.4, -0.2) is 5.91 Å². The minimum Gasteiger partial charge on any atom is -0.398 e. The van der Waals surface area contributed by atoms with Gasteiger partial charge in [0, 0.05) is 11.3 Å². The molecule has 0 heterocycles. The Morgan fingerprint density at radius 2 is 1.42 bits per heavy atom. The lowest BCUT2D eigenvalue weighted by molar-refractivity contribution is -0.137. The molecule has 4 N–H and O–H groups in total. The number of hydrogen-bond donors (Lipinski definition) is 2. The maximum atomic E-state index is 12.8. The summed E-state index contributed by atoms with van der Waals surface area (Å²) >= 11 is 0. The van der Waals surface area contributed by atoms with Crippen LogP contribution in [0, 0.1) is 0 Å². The maximum Gasteiger partial charge on any atom is 0.416 e. The third-order valence-corrected chi connectivity index (χ3v) is 4.07. The molecule has 0 radical (unpaired) electrons. The Labute approximate surface area is 148 Å². The van der Waals surface area contributed by atoms with Gasteiger partial charge in [0.05, 0.1) is 11.1 Å².